The van der Waals surface area contributed by atoms with Crippen molar-refractivity contribution in [2.24, 2.45) is 0 Å². The Bertz CT molecular complexity index is 812. The van der Waals surface area contributed by atoms with Crippen LogP contribution in [0.25, 0.3) is 11.0 Å². The Kier molecular flexibility index (Phi) is 3.08. The van der Waals surface area contributed by atoms with E-state index in [4.69, 9.17) is 9.15 Å². The summed E-state index contributed by atoms with van der Waals surface area (Å²) in [4.78, 5) is 11.3. The van der Waals surface area contributed by atoms with Crippen LogP contribution in [-0.2, 0) is 0 Å². The molecule has 96 valence electrons. The summed E-state index contributed by atoms with van der Waals surface area (Å²) < 4.78 is 11.3. The highest BCUT2D eigenvalue weighted by Crippen LogP contribution is 2.29. The Morgan fingerprint density at radius 3 is 2.89 bits per heavy atom. The molecule has 0 unspecified atom stereocenters. The average Bonchev–Trinajstić information content (AvgIpc) is 2.74. The summed E-state index contributed by atoms with van der Waals surface area (Å²) in [6.45, 7) is 1.86. The molecule has 0 aliphatic carbocycles. The highest BCUT2D eigenvalue weighted by atomic mass is 79.9. The number of halogens is 1. The summed E-state index contributed by atoms with van der Waals surface area (Å²) in [5.74, 6) is 0.546. The molecule has 0 bridgehead atoms. The van der Waals surface area contributed by atoms with Crippen molar-refractivity contribution in [1.82, 2.24) is 10.2 Å². The van der Waals surface area contributed by atoms with Crippen molar-refractivity contribution >= 4 is 38.2 Å². The molecule has 0 amide bonds. The standard InChI is InChI=1S/C12H7BrN2O3S/c1-6-4-10(16)18-9-5-7(2-3-8(6)9)17-12-15-14-11(13)19-12/h2-5H,1H3. The van der Waals surface area contributed by atoms with Crippen molar-refractivity contribution in [2.75, 3.05) is 0 Å². The van der Waals surface area contributed by atoms with Crippen LogP contribution in [0.2, 0.25) is 0 Å². The number of nitrogens with zero attached hydrogens (tertiary/aromatic N) is 2. The molecule has 2 heterocycles. The van der Waals surface area contributed by atoms with Crippen LogP contribution in [0.5, 0.6) is 10.9 Å². The highest BCUT2D eigenvalue weighted by Gasteiger charge is 2.07. The first-order chi connectivity index (χ1) is 9.11. The van der Waals surface area contributed by atoms with Crippen LogP contribution >= 0.6 is 27.3 Å². The van der Waals surface area contributed by atoms with Crippen molar-refractivity contribution in [2.45, 2.75) is 6.92 Å². The fraction of sp³-hybridized carbons (Fsp3) is 0.0833. The van der Waals surface area contributed by atoms with Gasteiger partial charge in [0.15, 0.2) is 3.92 Å². The molecule has 1 aromatic carbocycles. The summed E-state index contributed by atoms with van der Waals surface area (Å²) in [5.41, 5.74) is 0.989. The molecule has 0 radical (unpaired) electrons. The molecule has 0 saturated carbocycles. The predicted molar refractivity (Wildman–Crippen MR) is 74.9 cm³/mol. The first-order valence-electron chi connectivity index (χ1n) is 5.33. The van der Waals surface area contributed by atoms with E-state index in [1.165, 1.54) is 17.4 Å². The van der Waals surface area contributed by atoms with E-state index in [2.05, 4.69) is 26.1 Å². The summed E-state index contributed by atoms with van der Waals surface area (Å²) in [6, 6.07) is 6.77. The lowest BCUT2D eigenvalue weighted by molar-refractivity contribution is 0.471. The Hall–Kier alpha value is -1.73. The van der Waals surface area contributed by atoms with Crippen molar-refractivity contribution in [3.63, 3.8) is 0 Å². The van der Waals surface area contributed by atoms with Crippen LogP contribution in [0.15, 0.2) is 37.4 Å². The van der Waals surface area contributed by atoms with Crippen LogP contribution in [0.3, 0.4) is 0 Å². The third-order valence-corrected chi connectivity index (χ3v) is 3.74. The maximum atomic E-state index is 11.3. The van der Waals surface area contributed by atoms with Gasteiger partial charge in [-0.1, -0.05) is 5.10 Å². The van der Waals surface area contributed by atoms with Crippen molar-refractivity contribution in [3.8, 4) is 10.9 Å². The van der Waals surface area contributed by atoms with Gasteiger partial charge in [-0.2, -0.15) is 0 Å². The van der Waals surface area contributed by atoms with Gasteiger partial charge in [0, 0.05) is 17.5 Å². The van der Waals surface area contributed by atoms with Crippen LogP contribution < -0.4 is 10.4 Å². The number of hydrogen-bond donors (Lipinski definition) is 0. The Morgan fingerprint density at radius 2 is 2.16 bits per heavy atom. The number of rotatable bonds is 2. The first kappa shape index (κ1) is 12.3. The van der Waals surface area contributed by atoms with E-state index in [-0.39, 0.29) is 5.63 Å². The summed E-state index contributed by atoms with van der Waals surface area (Å²) in [5, 5.41) is 8.92. The van der Waals surface area contributed by atoms with Crippen LogP contribution in [-0.4, -0.2) is 10.2 Å². The molecule has 0 saturated heterocycles. The van der Waals surface area contributed by atoms with E-state index in [9.17, 15) is 4.79 Å². The molecule has 2 aromatic heterocycles. The molecule has 0 aliphatic heterocycles. The molecule has 0 spiro atoms. The van der Waals surface area contributed by atoms with Crippen molar-refractivity contribution in [3.05, 3.63) is 44.2 Å². The monoisotopic (exact) mass is 338 g/mol. The first-order valence-corrected chi connectivity index (χ1v) is 6.94. The average molecular weight is 339 g/mol. The molecular formula is C12H7BrN2O3S. The topological polar surface area (TPSA) is 65.2 Å². The molecular weight excluding hydrogens is 332 g/mol. The molecule has 0 aliphatic rings. The molecule has 0 N–H and O–H groups in total. The van der Waals surface area contributed by atoms with Crippen molar-refractivity contribution < 1.29 is 9.15 Å². The van der Waals surface area contributed by atoms with E-state index < -0.39 is 0 Å². The molecule has 0 fully saturated rings. The fourth-order valence-electron chi connectivity index (χ4n) is 1.70. The van der Waals surface area contributed by atoms with Gasteiger partial charge < -0.3 is 9.15 Å². The zero-order chi connectivity index (χ0) is 13.4. The van der Waals surface area contributed by atoms with Gasteiger partial charge in [0.1, 0.15) is 11.3 Å². The second-order valence-electron chi connectivity index (χ2n) is 3.83. The SMILES string of the molecule is Cc1cc(=O)oc2cc(Oc3nnc(Br)s3)ccc12. The van der Waals surface area contributed by atoms with Gasteiger partial charge in [-0.05, 0) is 51.9 Å². The number of hydrogen-bond acceptors (Lipinski definition) is 6. The van der Waals surface area contributed by atoms with E-state index in [1.54, 1.807) is 12.1 Å². The second kappa shape index (κ2) is 4.75. The van der Waals surface area contributed by atoms with E-state index in [1.807, 2.05) is 13.0 Å². The third kappa shape index (κ3) is 2.52. The van der Waals surface area contributed by atoms with Crippen LogP contribution in [0, 0.1) is 6.92 Å². The van der Waals surface area contributed by atoms with Crippen LogP contribution in [0.4, 0.5) is 0 Å². The van der Waals surface area contributed by atoms with Crippen LogP contribution in [0.1, 0.15) is 5.56 Å². The van der Waals surface area contributed by atoms with E-state index in [0.717, 1.165) is 10.9 Å². The lowest BCUT2D eigenvalue weighted by Gasteiger charge is -2.03. The van der Waals surface area contributed by atoms with Gasteiger partial charge in [0.05, 0.1) is 0 Å². The molecule has 5 nitrogen and oxygen atoms in total. The number of aryl methyl sites for hydroxylation is 1. The van der Waals surface area contributed by atoms with Gasteiger partial charge in [-0.15, -0.1) is 5.10 Å². The van der Waals surface area contributed by atoms with Gasteiger partial charge >= 0.3 is 5.63 Å². The zero-order valence-corrected chi connectivity index (χ0v) is 12.1. The largest absolute Gasteiger partial charge is 0.430 e. The quantitative estimate of drug-likeness (QED) is 0.669. The van der Waals surface area contributed by atoms with Crippen molar-refractivity contribution in [1.29, 1.82) is 0 Å². The summed E-state index contributed by atoms with van der Waals surface area (Å²) >= 11 is 4.48. The normalized spacial score (nSPS) is 10.8. The smallest absolute Gasteiger partial charge is 0.336 e. The summed E-state index contributed by atoms with van der Waals surface area (Å²) in [7, 11) is 0. The molecule has 0 atom stereocenters. The minimum absolute atomic E-state index is 0.374. The zero-order valence-electron chi connectivity index (χ0n) is 9.71. The maximum Gasteiger partial charge on any atom is 0.336 e. The van der Waals surface area contributed by atoms with Gasteiger partial charge in [0.2, 0.25) is 0 Å². The molecule has 3 rings (SSSR count). The van der Waals surface area contributed by atoms with Gasteiger partial charge in [0.25, 0.3) is 5.19 Å². The highest BCUT2D eigenvalue weighted by molar-refractivity contribution is 9.11. The minimum Gasteiger partial charge on any atom is -0.430 e. The molecule has 19 heavy (non-hydrogen) atoms. The number of aromatic nitrogens is 2. The number of benzene rings is 1. The van der Waals surface area contributed by atoms with Gasteiger partial charge in [-0.3, -0.25) is 0 Å². The Morgan fingerprint density at radius 1 is 1.32 bits per heavy atom. The second-order valence-corrected chi connectivity index (χ2v) is 6.05. The molecule has 3 aromatic rings. The fourth-order valence-corrected chi connectivity index (χ4v) is 2.64. The molecule has 7 heteroatoms. The van der Waals surface area contributed by atoms with Gasteiger partial charge in [-0.25, -0.2) is 4.79 Å². The lowest BCUT2D eigenvalue weighted by Crippen LogP contribution is -1.97. The maximum absolute atomic E-state index is 11.3. The Balaban J connectivity index is 2.04. The van der Waals surface area contributed by atoms with E-state index in [0.29, 0.717) is 20.4 Å². The minimum atomic E-state index is -0.374. The Labute approximate surface area is 120 Å². The predicted octanol–water partition coefficient (Wildman–Crippen LogP) is 3.51. The number of fused-ring (bicyclic) bond motifs is 1. The third-order valence-electron chi connectivity index (χ3n) is 2.51. The number of ether oxygens (including phenoxy) is 1. The summed E-state index contributed by atoms with van der Waals surface area (Å²) in [6.07, 6.45) is 0. The lowest BCUT2D eigenvalue weighted by atomic mass is 10.1. The van der Waals surface area contributed by atoms with E-state index >= 15 is 0 Å².